The molecule has 3 heterocycles. The Morgan fingerprint density at radius 2 is 1.91 bits per heavy atom. The summed E-state index contributed by atoms with van der Waals surface area (Å²) in [7, 11) is 0. The van der Waals surface area contributed by atoms with E-state index in [9.17, 15) is 15.5 Å². The lowest BCUT2D eigenvalue weighted by Gasteiger charge is -2.13. The van der Waals surface area contributed by atoms with Crippen molar-refractivity contribution in [1.82, 2.24) is 19.9 Å². The third-order valence-corrected chi connectivity index (χ3v) is 5.24. The second-order valence-corrected chi connectivity index (χ2v) is 7.41. The molecular formula is C23H21N5O4. The van der Waals surface area contributed by atoms with E-state index >= 15 is 0 Å². The van der Waals surface area contributed by atoms with Crippen LogP contribution in [0.3, 0.4) is 0 Å². The number of nitrogens with zero attached hydrogens (tertiary/aromatic N) is 4. The van der Waals surface area contributed by atoms with Crippen molar-refractivity contribution in [2.45, 2.75) is 20.0 Å². The molecule has 0 aliphatic carbocycles. The Hall–Kier alpha value is -4.00. The number of pyridine rings is 1. The summed E-state index contributed by atoms with van der Waals surface area (Å²) in [6, 6.07) is 7.62. The van der Waals surface area contributed by atoms with Gasteiger partial charge in [-0.2, -0.15) is 5.26 Å². The SMILES string of the molecule is Cc1ccc(O)c(C)c1-c1cnc2[nH]c(-c3cnc(OC[C@H](O)CO)nc3)cc2c1C#N. The molecule has 9 nitrogen and oxygen atoms in total. The monoisotopic (exact) mass is 431 g/mol. The lowest BCUT2D eigenvalue weighted by Crippen LogP contribution is -2.21. The van der Waals surface area contributed by atoms with Gasteiger partial charge < -0.3 is 25.0 Å². The Bertz CT molecular complexity index is 1330. The maximum absolute atomic E-state index is 10.2. The van der Waals surface area contributed by atoms with Crippen LogP contribution in [0.25, 0.3) is 33.4 Å². The Morgan fingerprint density at radius 3 is 2.59 bits per heavy atom. The van der Waals surface area contributed by atoms with Gasteiger partial charge in [0.2, 0.25) is 0 Å². The summed E-state index contributed by atoms with van der Waals surface area (Å²) in [6.07, 6.45) is 3.73. The summed E-state index contributed by atoms with van der Waals surface area (Å²) >= 11 is 0. The maximum Gasteiger partial charge on any atom is 0.316 e. The molecule has 0 spiro atoms. The number of ether oxygens (including phenoxy) is 1. The lowest BCUT2D eigenvalue weighted by atomic mass is 9.92. The highest BCUT2D eigenvalue weighted by Crippen LogP contribution is 2.37. The van der Waals surface area contributed by atoms with Crippen LogP contribution >= 0.6 is 0 Å². The summed E-state index contributed by atoms with van der Waals surface area (Å²) in [4.78, 5) is 15.9. The van der Waals surface area contributed by atoms with Crippen LogP contribution in [-0.4, -0.2) is 54.6 Å². The van der Waals surface area contributed by atoms with Crippen molar-refractivity contribution in [3.05, 3.63) is 53.5 Å². The average Bonchev–Trinajstić information content (AvgIpc) is 3.24. The normalized spacial score (nSPS) is 12.0. The van der Waals surface area contributed by atoms with E-state index in [2.05, 4.69) is 26.0 Å². The first-order valence-corrected chi connectivity index (χ1v) is 9.88. The van der Waals surface area contributed by atoms with Crippen LogP contribution in [0.2, 0.25) is 0 Å². The van der Waals surface area contributed by atoms with Gasteiger partial charge in [0, 0.05) is 35.1 Å². The molecule has 1 aromatic carbocycles. The van der Waals surface area contributed by atoms with Crippen molar-refractivity contribution in [2.24, 2.45) is 0 Å². The number of nitriles is 1. The van der Waals surface area contributed by atoms with Gasteiger partial charge in [-0.3, -0.25) is 0 Å². The zero-order valence-electron chi connectivity index (χ0n) is 17.5. The fourth-order valence-electron chi connectivity index (χ4n) is 3.54. The fourth-order valence-corrected chi connectivity index (χ4v) is 3.54. The molecule has 0 bridgehead atoms. The van der Waals surface area contributed by atoms with Gasteiger partial charge in [0.05, 0.1) is 17.9 Å². The van der Waals surface area contributed by atoms with Crippen molar-refractivity contribution in [1.29, 1.82) is 5.26 Å². The molecule has 0 fully saturated rings. The number of H-pyrrole nitrogens is 1. The van der Waals surface area contributed by atoms with E-state index in [-0.39, 0.29) is 18.4 Å². The van der Waals surface area contributed by atoms with Crippen molar-refractivity contribution in [3.8, 4) is 40.2 Å². The predicted octanol–water partition coefficient (Wildman–Crippen LogP) is 2.61. The van der Waals surface area contributed by atoms with Gasteiger partial charge in [0.15, 0.2) is 0 Å². The third kappa shape index (κ3) is 3.85. The second kappa shape index (κ2) is 8.63. The minimum absolute atomic E-state index is 0.0744. The van der Waals surface area contributed by atoms with Gasteiger partial charge in [0.1, 0.15) is 30.2 Å². The van der Waals surface area contributed by atoms with Gasteiger partial charge in [-0.05, 0) is 42.7 Å². The van der Waals surface area contributed by atoms with Crippen molar-refractivity contribution in [3.63, 3.8) is 0 Å². The molecular weight excluding hydrogens is 410 g/mol. The van der Waals surface area contributed by atoms with E-state index in [1.165, 1.54) is 0 Å². The number of aromatic amines is 1. The van der Waals surface area contributed by atoms with Gasteiger partial charge in [-0.1, -0.05) is 6.07 Å². The highest BCUT2D eigenvalue weighted by molar-refractivity contribution is 5.94. The smallest absolute Gasteiger partial charge is 0.316 e. The number of aliphatic hydroxyl groups is 2. The van der Waals surface area contributed by atoms with E-state index in [1.54, 1.807) is 24.7 Å². The fraction of sp³-hybridized carbons (Fsp3) is 0.217. The largest absolute Gasteiger partial charge is 0.508 e. The summed E-state index contributed by atoms with van der Waals surface area (Å²) in [6.45, 7) is 3.21. The topological polar surface area (TPSA) is 148 Å². The number of aliphatic hydroxyl groups excluding tert-OH is 2. The van der Waals surface area contributed by atoms with Crippen LogP contribution in [0.4, 0.5) is 0 Å². The minimum Gasteiger partial charge on any atom is -0.508 e. The van der Waals surface area contributed by atoms with E-state index in [0.29, 0.717) is 39.0 Å². The Morgan fingerprint density at radius 1 is 1.16 bits per heavy atom. The molecule has 1 atom stereocenters. The number of phenols is 1. The molecule has 3 aromatic heterocycles. The quantitative estimate of drug-likeness (QED) is 0.364. The van der Waals surface area contributed by atoms with E-state index in [0.717, 1.165) is 11.1 Å². The zero-order chi connectivity index (χ0) is 22.8. The van der Waals surface area contributed by atoms with Crippen LogP contribution in [0, 0.1) is 25.2 Å². The number of nitrogens with one attached hydrogen (secondary N) is 1. The third-order valence-electron chi connectivity index (χ3n) is 5.24. The van der Waals surface area contributed by atoms with Gasteiger partial charge in [0.25, 0.3) is 0 Å². The van der Waals surface area contributed by atoms with Crippen LogP contribution in [0.15, 0.2) is 36.8 Å². The molecule has 4 rings (SSSR count). The average molecular weight is 431 g/mol. The number of aromatic nitrogens is 4. The van der Waals surface area contributed by atoms with Crippen LogP contribution in [0.1, 0.15) is 16.7 Å². The molecule has 32 heavy (non-hydrogen) atoms. The molecule has 0 saturated carbocycles. The van der Waals surface area contributed by atoms with Crippen LogP contribution < -0.4 is 4.74 Å². The molecule has 0 unspecified atom stereocenters. The Labute approximate surface area is 183 Å². The van der Waals surface area contributed by atoms with Crippen LogP contribution in [0.5, 0.6) is 11.8 Å². The number of aromatic hydroxyl groups is 1. The molecule has 0 aliphatic heterocycles. The summed E-state index contributed by atoms with van der Waals surface area (Å²) in [5, 5.41) is 38.9. The molecule has 0 saturated heterocycles. The molecule has 4 aromatic rings. The van der Waals surface area contributed by atoms with E-state index < -0.39 is 12.7 Å². The summed E-state index contributed by atoms with van der Waals surface area (Å²) in [5.74, 6) is 0.162. The van der Waals surface area contributed by atoms with Crippen molar-refractivity contribution >= 4 is 11.0 Å². The number of phenolic OH excluding ortho intramolecular Hbond substituents is 1. The first-order valence-electron chi connectivity index (χ1n) is 9.88. The minimum atomic E-state index is -1.00. The molecule has 4 N–H and O–H groups in total. The van der Waals surface area contributed by atoms with Gasteiger partial charge in [-0.25, -0.2) is 15.0 Å². The van der Waals surface area contributed by atoms with E-state index in [4.69, 9.17) is 9.84 Å². The Balaban J connectivity index is 1.73. The van der Waals surface area contributed by atoms with E-state index in [1.807, 2.05) is 26.0 Å². The highest BCUT2D eigenvalue weighted by atomic mass is 16.5. The Kier molecular flexibility index (Phi) is 5.73. The molecule has 162 valence electrons. The number of hydrogen-bond donors (Lipinski definition) is 4. The second-order valence-electron chi connectivity index (χ2n) is 7.41. The standard InChI is InChI=1S/C23H21N5O4/c1-12-3-4-20(31)13(2)21(12)18-9-25-22-16(17(18)6-24)5-19(28-22)14-7-26-23(27-8-14)32-11-15(30)10-29/h3-5,7-9,15,29-31H,10-11H2,1-2H3,(H,25,28)/t15-/m1/s1. The molecule has 0 amide bonds. The van der Waals surface area contributed by atoms with Crippen LogP contribution in [-0.2, 0) is 0 Å². The molecule has 0 aliphatic rings. The lowest BCUT2D eigenvalue weighted by molar-refractivity contribution is 0.0504. The molecule has 0 radical (unpaired) electrons. The maximum atomic E-state index is 10.2. The summed E-state index contributed by atoms with van der Waals surface area (Å²) in [5.41, 5.74) is 5.39. The predicted molar refractivity (Wildman–Crippen MR) is 117 cm³/mol. The van der Waals surface area contributed by atoms with Gasteiger partial charge in [-0.15, -0.1) is 0 Å². The highest BCUT2D eigenvalue weighted by Gasteiger charge is 2.18. The van der Waals surface area contributed by atoms with Crippen molar-refractivity contribution < 1.29 is 20.1 Å². The summed E-state index contributed by atoms with van der Waals surface area (Å²) < 4.78 is 5.22. The number of benzene rings is 1. The van der Waals surface area contributed by atoms with Gasteiger partial charge >= 0.3 is 6.01 Å². The molecule has 9 heteroatoms. The number of aryl methyl sites for hydroxylation is 1. The number of rotatable bonds is 6. The number of fused-ring (bicyclic) bond motifs is 1. The zero-order valence-corrected chi connectivity index (χ0v) is 17.5. The first-order chi connectivity index (χ1) is 15.4. The first kappa shape index (κ1) is 21.2. The van der Waals surface area contributed by atoms with Crippen molar-refractivity contribution in [2.75, 3.05) is 13.2 Å². The number of hydrogen-bond acceptors (Lipinski definition) is 8.